The van der Waals surface area contributed by atoms with E-state index in [0.29, 0.717) is 28.8 Å². The summed E-state index contributed by atoms with van der Waals surface area (Å²) in [6, 6.07) is 5.22. The second-order valence-electron chi connectivity index (χ2n) is 5.26. The SMILES string of the molecule is COCCn1c(SC(C)C(=O)NCC(F)(F)F)nc2cc(Cl)ccc21. The maximum atomic E-state index is 12.2. The van der Waals surface area contributed by atoms with Gasteiger partial charge in [0.15, 0.2) is 5.16 Å². The van der Waals surface area contributed by atoms with E-state index in [9.17, 15) is 18.0 Å². The van der Waals surface area contributed by atoms with Gasteiger partial charge in [0.05, 0.1) is 22.9 Å². The number of aromatic nitrogens is 2. The summed E-state index contributed by atoms with van der Waals surface area (Å²) >= 11 is 7.06. The molecule has 0 spiro atoms. The second kappa shape index (κ2) is 8.29. The molecular formula is C15H17ClF3N3O2S. The summed E-state index contributed by atoms with van der Waals surface area (Å²) in [5.41, 5.74) is 1.46. The Morgan fingerprint density at radius 1 is 1.48 bits per heavy atom. The first-order chi connectivity index (χ1) is 11.7. The third-order valence-corrected chi connectivity index (χ3v) is 4.63. The van der Waals surface area contributed by atoms with Crippen LogP contribution in [0.25, 0.3) is 11.0 Å². The molecule has 1 aromatic heterocycles. The van der Waals surface area contributed by atoms with Crippen molar-refractivity contribution in [3.63, 3.8) is 0 Å². The molecule has 1 N–H and O–H groups in total. The number of rotatable bonds is 7. The lowest BCUT2D eigenvalue weighted by atomic mass is 10.3. The number of thioether (sulfide) groups is 1. The van der Waals surface area contributed by atoms with Crippen LogP contribution in [0.5, 0.6) is 0 Å². The Morgan fingerprint density at radius 2 is 2.20 bits per heavy atom. The minimum Gasteiger partial charge on any atom is -0.383 e. The molecule has 0 saturated carbocycles. The molecule has 10 heteroatoms. The lowest BCUT2D eigenvalue weighted by Crippen LogP contribution is -2.38. The van der Waals surface area contributed by atoms with Crippen molar-refractivity contribution < 1.29 is 22.7 Å². The number of carbonyl (C=O) groups is 1. The van der Waals surface area contributed by atoms with E-state index in [-0.39, 0.29) is 0 Å². The Morgan fingerprint density at radius 3 is 2.84 bits per heavy atom. The maximum Gasteiger partial charge on any atom is 0.405 e. The molecular weight excluding hydrogens is 379 g/mol. The van der Waals surface area contributed by atoms with Crippen LogP contribution < -0.4 is 5.32 Å². The van der Waals surface area contributed by atoms with Gasteiger partial charge in [-0.15, -0.1) is 0 Å². The predicted molar refractivity (Wildman–Crippen MR) is 91.0 cm³/mol. The number of carbonyl (C=O) groups excluding carboxylic acids is 1. The number of methoxy groups -OCH3 is 1. The van der Waals surface area contributed by atoms with E-state index in [4.69, 9.17) is 16.3 Å². The van der Waals surface area contributed by atoms with Gasteiger partial charge in [0.1, 0.15) is 6.54 Å². The van der Waals surface area contributed by atoms with Crippen LogP contribution in [0.2, 0.25) is 5.02 Å². The maximum absolute atomic E-state index is 12.2. The molecule has 5 nitrogen and oxygen atoms in total. The number of halogens is 4. The largest absolute Gasteiger partial charge is 0.405 e. The van der Waals surface area contributed by atoms with Crippen molar-refractivity contribution in [1.29, 1.82) is 0 Å². The topological polar surface area (TPSA) is 56.1 Å². The van der Waals surface area contributed by atoms with Crippen molar-refractivity contribution in [3.8, 4) is 0 Å². The first-order valence-corrected chi connectivity index (χ1v) is 8.63. The van der Waals surface area contributed by atoms with Crippen molar-refractivity contribution in [1.82, 2.24) is 14.9 Å². The van der Waals surface area contributed by atoms with Gasteiger partial charge < -0.3 is 14.6 Å². The van der Waals surface area contributed by atoms with Crippen LogP contribution in [-0.4, -0.2) is 47.1 Å². The number of ether oxygens (including phenoxy) is 1. The fourth-order valence-electron chi connectivity index (χ4n) is 2.11. The Hall–Kier alpha value is -1.45. The molecule has 138 valence electrons. The molecule has 0 bridgehead atoms. The number of hydrogen-bond donors (Lipinski definition) is 1. The Balaban J connectivity index is 2.19. The average Bonchev–Trinajstić information content (AvgIpc) is 2.85. The van der Waals surface area contributed by atoms with Gasteiger partial charge in [0, 0.05) is 18.7 Å². The summed E-state index contributed by atoms with van der Waals surface area (Å²) in [5.74, 6) is -0.703. The number of nitrogens with one attached hydrogen (secondary N) is 1. The van der Waals surface area contributed by atoms with Crippen molar-refractivity contribution in [2.75, 3.05) is 20.3 Å². The molecule has 1 heterocycles. The minimum absolute atomic E-state index is 0.427. The lowest BCUT2D eigenvalue weighted by Gasteiger charge is -2.14. The van der Waals surface area contributed by atoms with Gasteiger partial charge >= 0.3 is 6.18 Å². The minimum atomic E-state index is -4.44. The molecule has 1 aromatic carbocycles. The lowest BCUT2D eigenvalue weighted by molar-refractivity contribution is -0.137. The van der Waals surface area contributed by atoms with E-state index in [2.05, 4.69) is 4.98 Å². The van der Waals surface area contributed by atoms with E-state index in [1.807, 2.05) is 9.88 Å². The van der Waals surface area contributed by atoms with Crippen LogP contribution in [-0.2, 0) is 16.1 Å². The molecule has 1 amide bonds. The Labute approximate surface area is 151 Å². The normalized spacial score (nSPS) is 13.2. The molecule has 25 heavy (non-hydrogen) atoms. The molecule has 0 aliphatic rings. The third-order valence-electron chi connectivity index (χ3n) is 3.31. The van der Waals surface area contributed by atoms with Crippen LogP contribution in [0, 0.1) is 0 Å². The number of hydrogen-bond acceptors (Lipinski definition) is 4. The quantitative estimate of drug-likeness (QED) is 0.729. The Kier molecular flexibility index (Phi) is 6.59. The van der Waals surface area contributed by atoms with Crippen LogP contribution in [0.1, 0.15) is 6.92 Å². The number of nitrogens with zero attached hydrogens (tertiary/aromatic N) is 2. The molecule has 2 aromatic rings. The van der Waals surface area contributed by atoms with E-state index in [1.165, 1.54) is 6.92 Å². The fraction of sp³-hybridized carbons (Fsp3) is 0.467. The van der Waals surface area contributed by atoms with Crippen molar-refractivity contribution >= 4 is 40.3 Å². The monoisotopic (exact) mass is 395 g/mol. The van der Waals surface area contributed by atoms with E-state index >= 15 is 0 Å². The van der Waals surface area contributed by atoms with Crippen LogP contribution in [0.15, 0.2) is 23.4 Å². The van der Waals surface area contributed by atoms with Gasteiger partial charge in [-0.05, 0) is 25.1 Å². The summed E-state index contributed by atoms with van der Waals surface area (Å²) in [5, 5.41) is 2.18. The number of benzene rings is 1. The highest BCUT2D eigenvalue weighted by Gasteiger charge is 2.29. The summed E-state index contributed by atoms with van der Waals surface area (Å²) in [7, 11) is 1.57. The van der Waals surface area contributed by atoms with Gasteiger partial charge in [-0.1, -0.05) is 23.4 Å². The van der Waals surface area contributed by atoms with Gasteiger partial charge in [-0.25, -0.2) is 4.98 Å². The predicted octanol–water partition coefficient (Wildman–Crippen LogP) is 3.50. The molecule has 1 unspecified atom stereocenters. The highest BCUT2D eigenvalue weighted by atomic mass is 35.5. The molecule has 0 radical (unpaired) electrons. The Bertz CT molecular complexity index is 751. The van der Waals surface area contributed by atoms with E-state index in [0.717, 1.165) is 17.3 Å². The van der Waals surface area contributed by atoms with Crippen LogP contribution in [0.3, 0.4) is 0 Å². The first-order valence-electron chi connectivity index (χ1n) is 7.37. The summed E-state index contributed by atoms with van der Waals surface area (Å²) in [6.07, 6.45) is -4.44. The number of fused-ring (bicyclic) bond motifs is 1. The summed E-state index contributed by atoms with van der Waals surface area (Å²) in [6.45, 7) is 1.10. The van der Waals surface area contributed by atoms with Crippen LogP contribution in [0.4, 0.5) is 13.2 Å². The van der Waals surface area contributed by atoms with Gasteiger partial charge in [-0.2, -0.15) is 13.2 Å². The highest BCUT2D eigenvalue weighted by Crippen LogP contribution is 2.29. The zero-order chi connectivity index (χ0) is 18.6. The number of alkyl halides is 3. The third kappa shape index (κ3) is 5.52. The van der Waals surface area contributed by atoms with E-state index < -0.39 is 23.9 Å². The molecule has 0 aliphatic carbocycles. The molecule has 1 atom stereocenters. The average molecular weight is 396 g/mol. The molecule has 0 saturated heterocycles. The number of imidazole rings is 1. The van der Waals surface area contributed by atoms with Gasteiger partial charge in [0.2, 0.25) is 5.91 Å². The van der Waals surface area contributed by atoms with Crippen molar-refractivity contribution in [3.05, 3.63) is 23.2 Å². The fourth-order valence-corrected chi connectivity index (χ4v) is 3.25. The standard InChI is InChI=1S/C15H17ClF3N3O2S/c1-9(13(23)20-8-15(17,18)19)25-14-21-11-7-10(16)3-4-12(11)22(14)5-6-24-2/h3-4,7,9H,5-6,8H2,1-2H3,(H,20,23). The van der Waals surface area contributed by atoms with Crippen molar-refractivity contribution in [2.24, 2.45) is 0 Å². The number of amides is 1. The zero-order valence-electron chi connectivity index (χ0n) is 13.6. The second-order valence-corrected chi connectivity index (χ2v) is 7.01. The molecule has 0 aliphatic heterocycles. The van der Waals surface area contributed by atoms with Crippen molar-refractivity contribution in [2.45, 2.75) is 30.1 Å². The van der Waals surface area contributed by atoms with Gasteiger partial charge in [-0.3, -0.25) is 4.79 Å². The molecule has 2 rings (SSSR count). The summed E-state index contributed by atoms with van der Waals surface area (Å²) in [4.78, 5) is 16.3. The zero-order valence-corrected chi connectivity index (χ0v) is 15.1. The van der Waals surface area contributed by atoms with Crippen LogP contribution >= 0.6 is 23.4 Å². The first kappa shape index (κ1) is 19.9. The van der Waals surface area contributed by atoms with E-state index in [1.54, 1.807) is 25.3 Å². The summed E-state index contributed by atoms with van der Waals surface area (Å²) < 4.78 is 43.6. The smallest absolute Gasteiger partial charge is 0.383 e. The van der Waals surface area contributed by atoms with Gasteiger partial charge in [0.25, 0.3) is 0 Å². The molecule has 0 fully saturated rings. The highest BCUT2D eigenvalue weighted by molar-refractivity contribution is 8.00.